The summed E-state index contributed by atoms with van der Waals surface area (Å²) >= 11 is 0. The highest BCUT2D eigenvalue weighted by molar-refractivity contribution is 5.85. The van der Waals surface area contributed by atoms with E-state index in [2.05, 4.69) is 10.6 Å². The number of hydrogen-bond donors (Lipinski definition) is 2. The summed E-state index contributed by atoms with van der Waals surface area (Å²) < 4.78 is 18.1. The largest absolute Gasteiger partial charge is 0.493 e. The molecule has 0 spiro atoms. The van der Waals surface area contributed by atoms with Gasteiger partial charge in [-0.05, 0) is 50.2 Å². The molecular formula is C14H20ClFN2O2. The third kappa shape index (κ3) is 5.75. The zero-order valence-corrected chi connectivity index (χ0v) is 12.0. The van der Waals surface area contributed by atoms with Gasteiger partial charge in [-0.2, -0.15) is 0 Å². The summed E-state index contributed by atoms with van der Waals surface area (Å²) in [6.07, 6.45) is 2.27. The summed E-state index contributed by atoms with van der Waals surface area (Å²) in [7, 11) is 0. The first-order chi connectivity index (χ1) is 9.24. The van der Waals surface area contributed by atoms with E-state index in [0.717, 1.165) is 25.9 Å². The molecular weight excluding hydrogens is 283 g/mol. The third-order valence-electron chi connectivity index (χ3n) is 3.12. The molecule has 1 aromatic rings. The first-order valence-corrected chi connectivity index (χ1v) is 6.62. The molecule has 6 heteroatoms. The number of ether oxygens (including phenoxy) is 1. The molecule has 20 heavy (non-hydrogen) atoms. The maximum atomic E-state index is 12.7. The topological polar surface area (TPSA) is 50.4 Å². The average Bonchev–Trinajstić information content (AvgIpc) is 2.42. The van der Waals surface area contributed by atoms with Crippen LogP contribution in [0.4, 0.5) is 4.39 Å². The van der Waals surface area contributed by atoms with Crippen molar-refractivity contribution < 1.29 is 13.9 Å². The predicted molar refractivity (Wildman–Crippen MR) is 77.8 cm³/mol. The normalized spacial score (nSPS) is 15.2. The molecule has 1 saturated heterocycles. The van der Waals surface area contributed by atoms with Gasteiger partial charge in [0.1, 0.15) is 11.6 Å². The lowest BCUT2D eigenvalue weighted by Crippen LogP contribution is -2.43. The Balaban J connectivity index is 0.00000200. The Hall–Kier alpha value is -1.33. The summed E-state index contributed by atoms with van der Waals surface area (Å²) in [6, 6.07) is 6.06. The van der Waals surface area contributed by atoms with Gasteiger partial charge in [0.2, 0.25) is 5.91 Å². The second kappa shape index (κ2) is 8.76. The Morgan fingerprint density at radius 3 is 2.60 bits per heavy atom. The molecule has 0 atom stereocenters. The van der Waals surface area contributed by atoms with Crippen LogP contribution in [-0.2, 0) is 4.79 Å². The minimum Gasteiger partial charge on any atom is -0.493 e. The van der Waals surface area contributed by atoms with E-state index in [1.165, 1.54) is 12.1 Å². The Labute approximate surface area is 124 Å². The van der Waals surface area contributed by atoms with E-state index in [4.69, 9.17) is 4.74 Å². The van der Waals surface area contributed by atoms with Gasteiger partial charge in [0, 0.05) is 6.04 Å². The van der Waals surface area contributed by atoms with Crippen LogP contribution in [0.2, 0.25) is 0 Å². The van der Waals surface area contributed by atoms with E-state index < -0.39 is 0 Å². The monoisotopic (exact) mass is 302 g/mol. The minimum atomic E-state index is -0.295. The molecule has 1 fully saturated rings. The molecule has 1 amide bonds. The van der Waals surface area contributed by atoms with E-state index in [0.29, 0.717) is 18.8 Å². The van der Waals surface area contributed by atoms with Crippen LogP contribution >= 0.6 is 12.4 Å². The molecule has 0 bridgehead atoms. The maximum Gasteiger partial charge on any atom is 0.223 e. The number of rotatable bonds is 5. The molecule has 2 N–H and O–H groups in total. The molecule has 1 aliphatic heterocycles. The van der Waals surface area contributed by atoms with Crippen LogP contribution < -0.4 is 15.4 Å². The van der Waals surface area contributed by atoms with E-state index in [1.54, 1.807) is 12.1 Å². The van der Waals surface area contributed by atoms with Crippen molar-refractivity contribution in [2.24, 2.45) is 0 Å². The first-order valence-electron chi connectivity index (χ1n) is 6.62. The zero-order chi connectivity index (χ0) is 13.5. The van der Waals surface area contributed by atoms with Crippen molar-refractivity contribution in [3.63, 3.8) is 0 Å². The molecule has 1 heterocycles. The van der Waals surface area contributed by atoms with Gasteiger partial charge in [0.15, 0.2) is 0 Å². The molecule has 112 valence electrons. The van der Waals surface area contributed by atoms with Gasteiger partial charge in [-0.3, -0.25) is 4.79 Å². The fourth-order valence-corrected chi connectivity index (χ4v) is 2.06. The summed E-state index contributed by atoms with van der Waals surface area (Å²) in [5, 5.41) is 6.25. The lowest BCUT2D eigenvalue weighted by molar-refractivity contribution is -0.122. The number of amides is 1. The van der Waals surface area contributed by atoms with Crippen LogP contribution in [0.1, 0.15) is 19.3 Å². The molecule has 1 aliphatic rings. The number of piperidine rings is 1. The van der Waals surface area contributed by atoms with Crippen molar-refractivity contribution in [1.82, 2.24) is 10.6 Å². The zero-order valence-electron chi connectivity index (χ0n) is 11.2. The van der Waals surface area contributed by atoms with Crippen LogP contribution in [0, 0.1) is 5.82 Å². The lowest BCUT2D eigenvalue weighted by atomic mass is 10.1. The van der Waals surface area contributed by atoms with Gasteiger partial charge in [0.05, 0.1) is 13.0 Å². The van der Waals surface area contributed by atoms with E-state index >= 15 is 0 Å². The second-order valence-corrected chi connectivity index (χ2v) is 4.64. The van der Waals surface area contributed by atoms with Crippen molar-refractivity contribution in [2.75, 3.05) is 19.7 Å². The molecule has 4 nitrogen and oxygen atoms in total. The van der Waals surface area contributed by atoms with Crippen molar-refractivity contribution in [2.45, 2.75) is 25.3 Å². The Morgan fingerprint density at radius 1 is 1.30 bits per heavy atom. The van der Waals surface area contributed by atoms with Crippen LogP contribution in [0.25, 0.3) is 0 Å². The molecule has 1 aromatic carbocycles. The summed E-state index contributed by atoms with van der Waals surface area (Å²) in [5.74, 6) is 0.293. The Morgan fingerprint density at radius 2 is 1.95 bits per heavy atom. The Kier molecular flexibility index (Phi) is 7.33. The van der Waals surface area contributed by atoms with Crippen LogP contribution in [0.5, 0.6) is 5.75 Å². The van der Waals surface area contributed by atoms with E-state index in [1.807, 2.05) is 0 Å². The highest BCUT2D eigenvalue weighted by Gasteiger charge is 2.14. The number of carbonyl (C=O) groups is 1. The second-order valence-electron chi connectivity index (χ2n) is 4.64. The van der Waals surface area contributed by atoms with Gasteiger partial charge in [-0.1, -0.05) is 0 Å². The van der Waals surface area contributed by atoms with Gasteiger partial charge >= 0.3 is 0 Å². The minimum absolute atomic E-state index is 0. The smallest absolute Gasteiger partial charge is 0.223 e. The summed E-state index contributed by atoms with van der Waals surface area (Å²) in [6.45, 7) is 2.22. The predicted octanol–water partition coefficient (Wildman–Crippen LogP) is 1.88. The number of nitrogens with one attached hydrogen (secondary N) is 2. The fraction of sp³-hybridized carbons (Fsp3) is 0.500. The molecule has 0 aliphatic carbocycles. The van der Waals surface area contributed by atoms with Crippen molar-refractivity contribution >= 4 is 18.3 Å². The summed E-state index contributed by atoms with van der Waals surface area (Å²) in [4.78, 5) is 11.7. The third-order valence-corrected chi connectivity index (χ3v) is 3.12. The highest BCUT2D eigenvalue weighted by atomic mass is 35.5. The van der Waals surface area contributed by atoms with Crippen LogP contribution in [-0.4, -0.2) is 31.6 Å². The fourth-order valence-electron chi connectivity index (χ4n) is 2.06. The van der Waals surface area contributed by atoms with Crippen molar-refractivity contribution in [1.29, 1.82) is 0 Å². The Bertz CT molecular complexity index is 408. The molecule has 2 rings (SSSR count). The average molecular weight is 303 g/mol. The van der Waals surface area contributed by atoms with Crippen LogP contribution in [0.15, 0.2) is 24.3 Å². The van der Waals surface area contributed by atoms with Crippen molar-refractivity contribution in [3.8, 4) is 5.75 Å². The number of carbonyl (C=O) groups excluding carboxylic acids is 1. The number of hydrogen-bond acceptors (Lipinski definition) is 3. The SMILES string of the molecule is Cl.O=C(CCOc1ccc(F)cc1)NC1CCNCC1. The number of benzene rings is 1. The lowest BCUT2D eigenvalue weighted by Gasteiger charge is -2.23. The summed E-state index contributed by atoms with van der Waals surface area (Å²) in [5.41, 5.74) is 0. The first kappa shape index (κ1) is 16.7. The van der Waals surface area contributed by atoms with E-state index in [9.17, 15) is 9.18 Å². The highest BCUT2D eigenvalue weighted by Crippen LogP contribution is 2.11. The van der Waals surface area contributed by atoms with Gasteiger partial charge in [-0.25, -0.2) is 4.39 Å². The van der Waals surface area contributed by atoms with Crippen LogP contribution in [0.3, 0.4) is 0 Å². The van der Waals surface area contributed by atoms with E-state index in [-0.39, 0.29) is 30.2 Å². The number of halogens is 2. The molecule has 0 aromatic heterocycles. The molecule has 0 saturated carbocycles. The van der Waals surface area contributed by atoms with Gasteiger partial charge in [0.25, 0.3) is 0 Å². The quantitative estimate of drug-likeness (QED) is 0.873. The standard InChI is InChI=1S/C14H19FN2O2.ClH/c15-11-1-3-13(4-2-11)19-10-7-14(18)17-12-5-8-16-9-6-12;/h1-4,12,16H,5-10H2,(H,17,18);1H. The van der Waals surface area contributed by atoms with Gasteiger partial charge in [-0.15, -0.1) is 12.4 Å². The van der Waals surface area contributed by atoms with Gasteiger partial charge < -0.3 is 15.4 Å². The van der Waals surface area contributed by atoms with Crippen molar-refractivity contribution in [3.05, 3.63) is 30.1 Å². The molecule has 0 radical (unpaired) electrons. The maximum absolute atomic E-state index is 12.7. The molecule has 0 unspecified atom stereocenters.